The largest absolute Gasteiger partial charge is 0.486 e. The first-order valence-corrected chi connectivity index (χ1v) is 13.2. The normalized spacial score (nSPS) is 17.7. The molecular formula is C27H30ClN3O3S. The lowest BCUT2D eigenvalue weighted by Crippen LogP contribution is -2.53. The van der Waals surface area contributed by atoms with Crippen LogP contribution >= 0.6 is 22.9 Å². The Morgan fingerprint density at radius 1 is 1.06 bits per heavy atom. The number of amides is 2. The van der Waals surface area contributed by atoms with Crippen molar-refractivity contribution in [2.24, 2.45) is 0 Å². The van der Waals surface area contributed by atoms with Gasteiger partial charge in [-0.1, -0.05) is 56.5 Å². The Balaban J connectivity index is 1.32. The highest BCUT2D eigenvalue weighted by atomic mass is 35.5. The van der Waals surface area contributed by atoms with Crippen molar-refractivity contribution in [3.05, 3.63) is 80.8 Å². The van der Waals surface area contributed by atoms with Crippen molar-refractivity contribution in [3.8, 4) is 5.75 Å². The Morgan fingerprint density at radius 2 is 1.74 bits per heavy atom. The van der Waals surface area contributed by atoms with Gasteiger partial charge in [-0.3, -0.25) is 9.59 Å². The van der Waals surface area contributed by atoms with Crippen LogP contribution in [0.5, 0.6) is 5.75 Å². The predicted molar refractivity (Wildman–Crippen MR) is 139 cm³/mol. The van der Waals surface area contributed by atoms with Crippen molar-refractivity contribution >= 4 is 34.8 Å². The second-order valence-corrected chi connectivity index (χ2v) is 10.5. The van der Waals surface area contributed by atoms with E-state index >= 15 is 0 Å². The van der Waals surface area contributed by atoms with E-state index < -0.39 is 0 Å². The highest BCUT2D eigenvalue weighted by Crippen LogP contribution is 2.22. The van der Waals surface area contributed by atoms with Gasteiger partial charge >= 0.3 is 0 Å². The molecule has 1 heterocycles. The molecule has 8 heteroatoms. The van der Waals surface area contributed by atoms with Gasteiger partial charge in [-0.2, -0.15) is 0 Å². The van der Waals surface area contributed by atoms with Gasteiger partial charge in [0.25, 0.3) is 11.8 Å². The third-order valence-corrected chi connectivity index (χ3v) is 7.24. The molecule has 1 fully saturated rings. The van der Waals surface area contributed by atoms with E-state index in [-0.39, 0.29) is 23.9 Å². The summed E-state index contributed by atoms with van der Waals surface area (Å²) in [6, 6.07) is 14.6. The number of hydrogen-bond donors (Lipinski definition) is 2. The standard InChI is InChI=1S/C27H30ClN3O3S/c1-17(2)18-10-12-21(13-11-18)34-15-25-29-24(16-35-25)27(33)31-23-9-4-3-8-22(23)30-26(32)19-6-5-7-20(28)14-19/h5-7,10-14,16-17,22-23H,3-4,8-9,15H2,1-2H3,(H,30,32)(H,31,33)/t22-,23-/m1/s1. The van der Waals surface area contributed by atoms with Crippen molar-refractivity contribution in [1.29, 1.82) is 0 Å². The Kier molecular flexibility index (Phi) is 8.42. The zero-order valence-corrected chi connectivity index (χ0v) is 21.5. The zero-order valence-electron chi connectivity index (χ0n) is 19.9. The average molecular weight is 512 g/mol. The predicted octanol–water partition coefficient (Wildman–Crippen LogP) is 5.97. The highest BCUT2D eigenvalue weighted by molar-refractivity contribution is 7.09. The number of benzene rings is 2. The summed E-state index contributed by atoms with van der Waals surface area (Å²) >= 11 is 7.42. The fourth-order valence-electron chi connectivity index (χ4n) is 4.18. The van der Waals surface area contributed by atoms with E-state index in [0.29, 0.717) is 28.8 Å². The second-order valence-electron chi connectivity index (χ2n) is 9.09. The first kappa shape index (κ1) is 25.2. The number of carbonyl (C=O) groups is 2. The van der Waals surface area contributed by atoms with Crippen LogP contribution < -0.4 is 15.4 Å². The van der Waals surface area contributed by atoms with E-state index in [0.717, 1.165) is 36.4 Å². The SMILES string of the molecule is CC(C)c1ccc(OCc2nc(C(=O)N[C@@H]3CCCC[C@H]3NC(=O)c3cccc(Cl)c3)cs2)cc1. The molecule has 3 aromatic rings. The van der Waals surface area contributed by atoms with Gasteiger partial charge in [0.2, 0.25) is 0 Å². The van der Waals surface area contributed by atoms with Crippen LogP contribution in [0.4, 0.5) is 0 Å². The van der Waals surface area contributed by atoms with Crippen LogP contribution in [0.15, 0.2) is 53.9 Å². The van der Waals surface area contributed by atoms with Gasteiger partial charge in [-0.25, -0.2) is 4.98 Å². The molecule has 0 bridgehead atoms. The Labute approximate surface area is 215 Å². The van der Waals surface area contributed by atoms with Gasteiger partial charge in [0.1, 0.15) is 23.1 Å². The summed E-state index contributed by atoms with van der Waals surface area (Å²) in [6.45, 7) is 4.61. The summed E-state index contributed by atoms with van der Waals surface area (Å²) in [5.74, 6) is 0.824. The van der Waals surface area contributed by atoms with Crippen molar-refractivity contribution in [3.63, 3.8) is 0 Å². The van der Waals surface area contributed by atoms with Crippen LogP contribution in [0.2, 0.25) is 5.02 Å². The lowest BCUT2D eigenvalue weighted by molar-refractivity contribution is 0.0860. The van der Waals surface area contributed by atoms with E-state index in [1.54, 1.807) is 29.6 Å². The maximum atomic E-state index is 12.9. The summed E-state index contributed by atoms with van der Waals surface area (Å²) in [6.07, 6.45) is 3.62. The molecule has 2 N–H and O–H groups in total. The number of aromatic nitrogens is 1. The summed E-state index contributed by atoms with van der Waals surface area (Å²) in [5, 5.41) is 9.15. The van der Waals surface area contributed by atoms with Gasteiger partial charge < -0.3 is 15.4 Å². The van der Waals surface area contributed by atoms with E-state index in [4.69, 9.17) is 16.3 Å². The molecule has 1 aliphatic carbocycles. The molecular weight excluding hydrogens is 482 g/mol. The lowest BCUT2D eigenvalue weighted by Gasteiger charge is -2.32. The fraction of sp³-hybridized carbons (Fsp3) is 0.370. The van der Waals surface area contributed by atoms with Crippen LogP contribution in [0.1, 0.15) is 76.9 Å². The molecule has 1 aromatic heterocycles. The molecule has 0 unspecified atom stereocenters. The molecule has 2 atom stereocenters. The number of rotatable bonds is 8. The minimum Gasteiger partial charge on any atom is -0.486 e. The number of nitrogens with zero attached hydrogens (tertiary/aromatic N) is 1. The van der Waals surface area contributed by atoms with Crippen LogP contribution in [0, 0.1) is 0 Å². The third-order valence-electron chi connectivity index (χ3n) is 6.18. The molecule has 0 saturated heterocycles. The van der Waals surface area contributed by atoms with Crippen LogP contribution in [0.3, 0.4) is 0 Å². The Morgan fingerprint density at radius 3 is 2.40 bits per heavy atom. The maximum absolute atomic E-state index is 12.9. The van der Waals surface area contributed by atoms with Gasteiger partial charge in [0.15, 0.2) is 0 Å². The first-order valence-electron chi connectivity index (χ1n) is 11.9. The second kappa shape index (κ2) is 11.7. The third kappa shape index (κ3) is 6.83. The Bertz CT molecular complexity index is 1160. The summed E-state index contributed by atoms with van der Waals surface area (Å²) in [7, 11) is 0. The van der Waals surface area contributed by atoms with Crippen molar-refractivity contribution < 1.29 is 14.3 Å². The average Bonchev–Trinajstić information content (AvgIpc) is 3.33. The summed E-state index contributed by atoms with van der Waals surface area (Å²) < 4.78 is 5.84. The van der Waals surface area contributed by atoms with Crippen LogP contribution in [-0.2, 0) is 6.61 Å². The molecule has 0 spiro atoms. The first-order chi connectivity index (χ1) is 16.9. The minimum absolute atomic E-state index is 0.144. The maximum Gasteiger partial charge on any atom is 0.271 e. The number of carbonyl (C=O) groups excluding carboxylic acids is 2. The smallest absolute Gasteiger partial charge is 0.271 e. The van der Waals surface area contributed by atoms with Crippen molar-refractivity contribution in [1.82, 2.24) is 15.6 Å². The van der Waals surface area contributed by atoms with Crippen LogP contribution in [0.25, 0.3) is 0 Å². The van der Waals surface area contributed by atoms with Crippen LogP contribution in [-0.4, -0.2) is 28.9 Å². The molecule has 2 aromatic carbocycles. The molecule has 0 radical (unpaired) electrons. The zero-order chi connectivity index (χ0) is 24.8. The van der Waals surface area contributed by atoms with Gasteiger partial charge in [-0.05, 0) is 54.7 Å². The lowest BCUT2D eigenvalue weighted by atomic mass is 9.90. The topological polar surface area (TPSA) is 80.3 Å². The molecule has 184 valence electrons. The number of halogens is 1. The van der Waals surface area contributed by atoms with Crippen molar-refractivity contribution in [2.45, 2.75) is 64.1 Å². The summed E-state index contributed by atoms with van der Waals surface area (Å²) in [5.41, 5.74) is 2.14. The highest BCUT2D eigenvalue weighted by Gasteiger charge is 2.29. The van der Waals surface area contributed by atoms with E-state index in [2.05, 4.69) is 41.6 Å². The Hall–Kier alpha value is -2.90. The fourth-order valence-corrected chi connectivity index (χ4v) is 5.05. The van der Waals surface area contributed by atoms with Gasteiger partial charge in [0, 0.05) is 28.0 Å². The molecule has 2 amide bonds. The van der Waals surface area contributed by atoms with Gasteiger partial charge in [0.05, 0.1) is 0 Å². The molecule has 35 heavy (non-hydrogen) atoms. The number of ether oxygens (including phenoxy) is 1. The molecule has 1 saturated carbocycles. The van der Waals surface area contributed by atoms with E-state index in [1.165, 1.54) is 16.9 Å². The molecule has 6 nitrogen and oxygen atoms in total. The molecule has 0 aliphatic heterocycles. The monoisotopic (exact) mass is 511 g/mol. The molecule has 1 aliphatic rings. The number of thiazole rings is 1. The minimum atomic E-state index is -0.234. The van der Waals surface area contributed by atoms with E-state index in [1.807, 2.05) is 12.1 Å². The summed E-state index contributed by atoms with van der Waals surface area (Å²) in [4.78, 5) is 30.1. The van der Waals surface area contributed by atoms with E-state index in [9.17, 15) is 9.59 Å². The quantitative estimate of drug-likeness (QED) is 0.390. The number of nitrogens with one attached hydrogen (secondary N) is 2. The molecule has 4 rings (SSSR count). The van der Waals surface area contributed by atoms with Gasteiger partial charge in [-0.15, -0.1) is 11.3 Å². The number of hydrogen-bond acceptors (Lipinski definition) is 5. The van der Waals surface area contributed by atoms with Crippen molar-refractivity contribution in [2.75, 3.05) is 0 Å².